The molecule has 0 bridgehead atoms. The molecule has 0 spiro atoms. The van der Waals surface area contributed by atoms with Gasteiger partial charge in [0.1, 0.15) is 5.78 Å². The zero-order valence-corrected chi connectivity index (χ0v) is 9.11. The van der Waals surface area contributed by atoms with Crippen molar-refractivity contribution in [2.75, 3.05) is 0 Å². The lowest BCUT2D eigenvalue weighted by Gasteiger charge is -2.11. The zero-order valence-electron chi connectivity index (χ0n) is 9.11. The Labute approximate surface area is 90.2 Å². The molecule has 0 aromatic heterocycles. The van der Waals surface area contributed by atoms with Crippen molar-refractivity contribution in [1.29, 1.82) is 0 Å². The van der Waals surface area contributed by atoms with Gasteiger partial charge in [-0.25, -0.2) is 0 Å². The van der Waals surface area contributed by atoms with Gasteiger partial charge in [0, 0.05) is 18.8 Å². The monoisotopic (exact) mass is 210 g/mol. The molecular weight excluding hydrogens is 192 g/mol. The number of allylic oxidation sites excluding steroid dienone is 2. The summed E-state index contributed by atoms with van der Waals surface area (Å²) in [5, 5.41) is 8.71. The third-order valence-corrected chi connectivity index (χ3v) is 2.88. The van der Waals surface area contributed by atoms with Crippen LogP contribution in [0.15, 0.2) is 12.2 Å². The average Bonchev–Trinajstić information content (AvgIpc) is 2.49. The Morgan fingerprint density at radius 1 is 1.60 bits per heavy atom. The number of carboxylic acids is 1. The van der Waals surface area contributed by atoms with E-state index in [1.54, 1.807) is 0 Å². The molecule has 15 heavy (non-hydrogen) atoms. The Bertz CT molecular complexity index is 268. The van der Waals surface area contributed by atoms with Gasteiger partial charge in [-0.05, 0) is 18.8 Å². The van der Waals surface area contributed by atoms with Crippen molar-refractivity contribution in [1.82, 2.24) is 0 Å². The van der Waals surface area contributed by atoms with Crippen molar-refractivity contribution < 1.29 is 14.7 Å². The van der Waals surface area contributed by atoms with Crippen LogP contribution < -0.4 is 0 Å². The van der Waals surface area contributed by atoms with Crippen LogP contribution in [-0.2, 0) is 9.59 Å². The molecule has 0 saturated heterocycles. The van der Waals surface area contributed by atoms with Crippen LogP contribution in [0.25, 0.3) is 0 Å². The molecule has 0 heterocycles. The van der Waals surface area contributed by atoms with Gasteiger partial charge in [0.15, 0.2) is 0 Å². The molecule has 0 aliphatic heterocycles. The minimum Gasteiger partial charge on any atom is -0.481 e. The largest absolute Gasteiger partial charge is 0.481 e. The minimum absolute atomic E-state index is 0.0168. The highest BCUT2D eigenvalue weighted by atomic mass is 16.4. The zero-order chi connectivity index (χ0) is 11.3. The summed E-state index contributed by atoms with van der Waals surface area (Å²) >= 11 is 0. The molecule has 1 N–H and O–H groups in total. The lowest BCUT2D eigenvalue weighted by atomic mass is 9.92. The van der Waals surface area contributed by atoms with Crippen molar-refractivity contribution in [3.63, 3.8) is 0 Å². The van der Waals surface area contributed by atoms with Gasteiger partial charge < -0.3 is 5.11 Å². The lowest BCUT2D eigenvalue weighted by Crippen LogP contribution is -2.15. The molecule has 0 radical (unpaired) electrons. The second-order valence-corrected chi connectivity index (χ2v) is 4.11. The molecule has 3 nitrogen and oxygen atoms in total. The summed E-state index contributed by atoms with van der Waals surface area (Å²) in [6.07, 6.45) is 7.32. The third kappa shape index (κ3) is 3.50. The fraction of sp³-hybridized carbons (Fsp3) is 0.667. The normalized spacial score (nSPS) is 26.3. The second-order valence-electron chi connectivity index (χ2n) is 4.11. The van der Waals surface area contributed by atoms with Gasteiger partial charge in [-0.3, -0.25) is 9.59 Å². The molecule has 1 saturated carbocycles. The van der Waals surface area contributed by atoms with Gasteiger partial charge in [0.2, 0.25) is 0 Å². The highest BCUT2D eigenvalue weighted by molar-refractivity contribution is 5.85. The number of ketones is 1. The van der Waals surface area contributed by atoms with Crippen LogP contribution in [0.3, 0.4) is 0 Å². The molecule has 0 aromatic rings. The summed E-state index contributed by atoms with van der Waals surface area (Å²) < 4.78 is 0. The van der Waals surface area contributed by atoms with Crippen LogP contribution in [-0.4, -0.2) is 16.9 Å². The first-order chi connectivity index (χ1) is 7.15. The van der Waals surface area contributed by atoms with Crippen LogP contribution in [0.1, 0.15) is 39.0 Å². The van der Waals surface area contributed by atoms with Gasteiger partial charge in [-0.2, -0.15) is 0 Å². The number of aliphatic carboxylic acids is 1. The van der Waals surface area contributed by atoms with Crippen LogP contribution in [0.5, 0.6) is 0 Å². The van der Waals surface area contributed by atoms with Gasteiger partial charge in [0.05, 0.1) is 0 Å². The predicted octanol–water partition coefficient (Wildman–Crippen LogP) is 2.41. The van der Waals surface area contributed by atoms with Crippen molar-refractivity contribution in [2.24, 2.45) is 11.8 Å². The Morgan fingerprint density at radius 2 is 2.33 bits per heavy atom. The smallest absolute Gasteiger partial charge is 0.303 e. The van der Waals surface area contributed by atoms with Crippen LogP contribution >= 0.6 is 0 Å². The van der Waals surface area contributed by atoms with Gasteiger partial charge in [-0.1, -0.05) is 25.5 Å². The second kappa shape index (κ2) is 5.69. The fourth-order valence-electron chi connectivity index (χ4n) is 2.06. The Morgan fingerprint density at radius 3 is 2.93 bits per heavy atom. The summed E-state index contributed by atoms with van der Waals surface area (Å²) in [6.45, 7) is 2.08. The van der Waals surface area contributed by atoms with Crippen molar-refractivity contribution in [3.05, 3.63) is 12.2 Å². The summed E-state index contributed by atoms with van der Waals surface area (Å²) in [5.41, 5.74) is 0. The first kappa shape index (κ1) is 12.0. The quantitative estimate of drug-likeness (QED) is 0.709. The van der Waals surface area contributed by atoms with E-state index in [1.807, 2.05) is 12.2 Å². The topological polar surface area (TPSA) is 54.4 Å². The molecular formula is C12H18O3. The van der Waals surface area contributed by atoms with E-state index in [9.17, 15) is 9.59 Å². The highest BCUT2D eigenvalue weighted by Crippen LogP contribution is 2.32. The van der Waals surface area contributed by atoms with E-state index in [2.05, 4.69) is 6.92 Å². The summed E-state index contributed by atoms with van der Waals surface area (Å²) in [6, 6.07) is 0. The van der Waals surface area contributed by atoms with E-state index in [1.165, 1.54) is 0 Å². The van der Waals surface area contributed by atoms with Crippen molar-refractivity contribution >= 4 is 11.8 Å². The molecule has 0 amide bonds. The molecule has 3 heteroatoms. The standard InChI is InChI=1S/C12H18O3/c1-2-3-4-5-10-9(8-12(14)15)6-7-11(10)13/h4-5,9-10H,2-3,6-8H2,1H3,(H,14,15). The number of carbonyl (C=O) groups excluding carboxylic acids is 1. The fourth-order valence-corrected chi connectivity index (χ4v) is 2.06. The number of hydrogen-bond acceptors (Lipinski definition) is 2. The molecule has 2 atom stereocenters. The van der Waals surface area contributed by atoms with Crippen molar-refractivity contribution in [2.45, 2.75) is 39.0 Å². The maximum Gasteiger partial charge on any atom is 0.303 e. The molecule has 1 aliphatic carbocycles. The molecule has 1 rings (SSSR count). The van der Waals surface area contributed by atoms with Gasteiger partial charge in [0.25, 0.3) is 0 Å². The molecule has 1 aliphatic rings. The minimum atomic E-state index is -0.802. The van der Waals surface area contributed by atoms with E-state index in [4.69, 9.17) is 5.11 Å². The van der Waals surface area contributed by atoms with E-state index in [0.717, 1.165) is 19.3 Å². The Balaban J connectivity index is 2.56. The van der Waals surface area contributed by atoms with E-state index >= 15 is 0 Å². The Kier molecular flexibility index (Phi) is 4.53. The lowest BCUT2D eigenvalue weighted by molar-refractivity contribution is -0.138. The van der Waals surface area contributed by atoms with Crippen molar-refractivity contribution in [3.8, 4) is 0 Å². The summed E-state index contributed by atoms with van der Waals surface area (Å²) in [4.78, 5) is 22.1. The summed E-state index contributed by atoms with van der Waals surface area (Å²) in [7, 11) is 0. The van der Waals surface area contributed by atoms with Crippen LogP contribution in [0.2, 0.25) is 0 Å². The first-order valence-electron chi connectivity index (χ1n) is 5.56. The number of Topliss-reactive ketones (excluding diaryl/α,β-unsaturated/α-hetero) is 1. The molecule has 0 aromatic carbocycles. The van der Waals surface area contributed by atoms with Crippen LogP contribution in [0.4, 0.5) is 0 Å². The van der Waals surface area contributed by atoms with Gasteiger partial charge in [-0.15, -0.1) is 0 Å². The van der Waals surface area contributed by atoms with E-state index in [0.29, 0.717) is 6.42 Å². The third-order valence-electron chi connectivity index (χ3n) is 2.88. The summed E-state index contributed by atoms with van der Waals surface area (Å²) in [5.74, 6) is -0.729. The van der Waals surface area contributed by atoms with Gasteiger partial charge >= 0.3 is 5.97 Å². The number of carbonyl (C=O) groups is 2. The van der Waals surface area contributed by atoms with Crippen LogP contribution in [0, 0.1) is 11.8 Å². The molecule has 84 valence electrons. The Hall–Kier alpha value is -1.12. The van der Waals surface area contributed by atoms with E-state index in [-0.39, 0.29) is 24.0 Å². The number of hydrogen-bond donors (Lipinski definition) is 1. The maximum atomic E-state index is 11.5. The predicted molar refractivity (Wildman–Crippen MR) is 57.5 cm³/mol. The maximum absolute atomic E-state index is 11.5. The number of rotatable bonds is 5. The average molecular weight is 210 g/mol. The SMILES string of the molecule is CCCC=CC1C(=O)CCC1CC(=O)O. The number of unbranched alkanes of at least 4 members (excludes halogenated alkanes) is 1. The highest BCUT2D eigenvalue weighted by Gasteiger charge is 2.33. The first-order valence-corrected chi connectivity index (χ1v) is 5.56. The molecule has 1 fully saturated rings. The number of carboxylic acid groups (broad SMARTS) is 1. The molecule has 2 unspecified atom stereocenters. The van der Waals surface area contributed by atoms with E-state index < -0.39 is 5.97 Å².